The van der Waals surface area contributed by atoms with Gasteiger partial charge in [-0.15, -0.1) is 0 Å². The summed E-state index contributed by atoms with van der Waals surface area (Å²) in [5.74, 6) is 1.08. The molecule has 0 bridgehead atoms. The number of hydrogen-bond donors (Lipinski definition) is 2. The standard InChI is InChI=1S/C12H23N3O2S/c1-12(2,3)6-10-18(16,17)15-7-4-5-11-13-8-9-14-11/h8-9,15H,4-7,10H2,1-3H3,(H,13,14). The molecule has 18 heavy (non-hydrogen) atoms. The fourth-order valence-electron chi connectivity index (χ4n) is 1.43. The van der Waals surface area contributed by atoms with Crippen LogP contribution in [0.3, 0.4) is 0 Å². The Balaban J connectivity index is 2.21. The molecular formula is C12H23N3O2S. The molecule has 1 heterocycles. The van der Waals surface area contributed by atoms with Crippen LogP contribution in [0.25, 0.3) is 0 Å². The molecule has 1 aromatic rings. The van der Waals surface area contributed by atoms with E-state index < -0.39 is 10.0 Å². The third kappa shape index (κ3) is 6.76. The van der Waals surface area contributed by atoms with Gasteiger partial charge in [0.2, 0.25) is 10.0 Å². The summed E-state index contributed by atoms with van der Waals surface area (Å²) in [5, 5.41) is 0. The molecule has 0 aromatic carbocycles. The van der Waals surface area contributed by atoms with Gasteiger partial charge in [0, 0.05) is 25.4 Å². The van der Waals surface area contributed by atoms with Crippen molar-refractivity contribution in [2.24, 2.45) is 5.41 Å². The van der Waals surface area contributed by atoms with E-state index in [1.165, 1.54) is 0 Å². The number of hydrogen-bond acceptors (Lipinski definition) is 3. The highest BCUT2D eigenvalue weighted by atomic mass is 32.2. The van der Waals surface area contributed by atoms with Gasteiger partial charge in [0.25, 0.3) is 0 Å². The number of H-pyrrole nitrogens is 1. The highest BCUT2D eigenvalue weighted by Crippen LogP contribution is 2.18. The fraction of sp³-hybridized carbons (Fsp3) is 0.750. The van der Waals surface area contributed by atoms with E-state index in [1.54, 1.807) is 12.4 Å². The first-order valence-corrected chi connectivity index (χ1v) is 7.89. The van der Waals surface area contributed by atoms with Gasteiger partial charge in [0.1, 0.15) is 5.82 Å². The molecular weight excluding hydrogens is 250 g/mol. The summed E-state index contributed by atoms with van der Waals surface area (Å²) >= 11 is 0. The third-order valence-corrected chi connectivity index (χ3v) is 3.97. The van der Waals surface area contributed by atoms with Crippen LogP contribution in [0.4, 0.5) is 0 Å². The molecule has 0 fully saturated rings. The van der Waals surface area contributed by atoms with Crippen LogP contribution < -0.4 is 4.72 Å². The molecule has 0 aliphatic rings. The number of nitrogens with zero attached hydrogens (tertiary/aromatic N) is 1. The molecule has 6 heteroatoms. The maximum Gasteiger partial charge on any atom is 0.211 e. The summed E-state index contributed by atoms with van der Waals surface area (Å²) in [5.41, 5.74) is 0.0446. The van der Waals surface area contributed by atoms with Crippen molar-refractivity contribution in [3.05, 3.63) is 18.2 Å². The summed E-state index contributed by atoms with van der Waals surface area (Å²) in [6, 6.07) is 0. The summed E-state index contributed by atoms with van der Waals surface area (Å²) in [6.07, 6.45) is 5.64. The zero-order valence-corrected chi connectivity index (χ0v) is 12.2. The predicted octanol–water partition coefficient (Wildman–Crippen LogP) is 1.70. The van der Waals surface area contributed by atoms with Gasteiger partial charge in [-0.1, -0.05) is 20.8 Å². The van der Waals surface area contributed by atoms with E-state index in [0.717, 1.165) is 18.7 Å². The van der Waals surface area contributed by atoms with Crippen LogP contribution in [-0.2, 0) is 16.4 Å². The Labute approximate surface area is 109 Å². The van der Waals surface area contributed by atoms with Gasteiger partial charge in [-0.3, -0.25) is 0 Å². The number of imidazole rings is 1. The lowest BCUT2D eigenvalue weighted by atomic mass is 9.94. The number of rotatable bonds is 7. The lowest BCUT2D eigenvalue weighted by Crippen LogP contribution is -2.29. The monoisotopic (exact) mass is 273 g/mol. The molecule has 1 aromatic heterocycles. The number of aryl methyl sites for hydroxylation is 1. The van der Waals surface area contributed by atoms with Gasteiger partial charge in [0.15, 0.2) is 0 Å². The van der Waals surface area contributed by atoms with Crippen molar-refractivity contribution in [1.82, 2.24) is 14.7 Å². The lowest BCUT2D eigenvalue weighted by molar-refractivity contribution is 0.396. The highest BCUT2D eigenvalue weighted by Gasteiger charge is 2.16. The summed E-state index contributed by atoms with van der Waals surface area (Å²) in [7, 11) is -3.14. The Bertz CT molecular complexity index is 432. The average molecular weight is 273 g/mol. The molecule has 0 saturated heterocycles. The van der Waals surface area contributed by atoms with Crippen molar-refractivity contribution in [3.8, 4) is 0 Å². The molecule has 104 valence electrons. The lowest BCUT2D eigenvalue weighted by Gasteiger charge is -2.17. The summed E-state index contributed by atoms with van der Waals surface area (Å²) < 4.78 is 26.0. The number of nitrogens with one attached hydrogen (secondary N) is 2. The van der Waals surface area contributed by atoms with Crippen LogP contribution >= 0.6 is 0 Å². The van der Waals surface area contributed by atoms with Crippen molar-refractivity contribution >= 4 is 10.0 Å². The number of aromatic nitrogens is 2. The van der Waals surface area contributed by atoms with E-state index in [9.17, 15) is 8.42 Å². The molecule has 0 unspecified atom stereocenters. The molecule has 0 aliphatic heterocycles. The molecule has 0 amide bonds. The maximum atomic E-state index is 11.7. The van der Waals surface area contributed by atoms with Gasteiger partial charge in [-0.25, -0.2) is 18.1 Å². The Morgan fingerprint density at radius 2 is 2.11 bits per heavy atom. The van der Waals surface area contributed by atoms with Crippen LogP contribution in [0.5, 0.6) is 0 Å². The van der Waals surface area contributed by atoms with Crippen molar-refractivity contribution in [3.63, 3.8) is 0 Å². The zero-order chi connectivity index (χ0) is 13.6. The van der Waals surface area contributed by atoms with Crippen molar-refractivity contribution in [2.75, 3.05) is 12.3 Å². The Morgan fingerprint density at radius 1 is 1.39 bits per heavy atom. The summed E-state index contributed by atoms with van der Waals surface area (Å²) in [6.45, 7) is 6.59. The smallest absolute Gasteiger partial charge is 0.211 e. The van der Waals surface area contributed by atoms with E-state index in [4.69, 9.17) is 0 Å². The highest BCUT2D eigenvalue weighted by molar-refractivity contribution is 7.89. The Morgan fingerprint density at radius 3 is 2.67 bits per heavy atom. The van der Waals surface area contributed by atoms with Crippen LogP contribution in [0.15, 0.2) is 12.4 Å². The SMILES string of the molecule is CC(C)(C)CCS(=O)(=O)NCCCc1ncc[nH]1. The molecule has 2 N–H and O–H groups in total. The second-order valence-electron chi connectivity index (χ2n) is 5.66. The van der Waals surface area contributed by atoms with Gasteiger partial charge in [0.05, 0.1) is 5.75 Å². The molecule has 5 nitrogen and oxygen atoms in total. The number of sulfonamides is 1. The second-order valence-corrected chi connectivity index (χ2v) is 7.59. The van der Waals surface area contributed by atoms with E-state index in [2.05, 4.69) is 14.7 Å². The summed E-state index contributed by atoms with van der Waals surface area (Å²) in [4.78, 5) is 7.08. The van der Waals surface area contributed by atoms with E-state index in [0.29, 0.717) is 13.0 Å². The van der Waals surface area contributed by atoms with Gasteiger partial charge in [-0.05, 0) is 18.3 Å². The minimum atomic E-state index is -3.14. The van der Waals surface area contributed by atoms with Gasteiger partial charge in [-0.2, -0.15) is 0 Å². The zero-order valence-electron chi connectivity index (χ0n) is 11.4. The first-order chi connectivity index (χ1) is 8.29. The molecule has 1 rings (SSSR count). The van der Waals surface area contributed by atoms with E-state index in [-0.39, 0.29) is 11.2 Å². The third-order valence-electron chi connectivity index (χ3n) is 2.59. The first kappa shape index (κ1) is 15.2. The largest absolute Gasteiger partial charge is 0.349 e. The Hall–Kier alpha value is -0.880. The molecule has 0 spiro atoms. The molecule has 0 radical (unpaired) electrons. The topological polar surface area (TPSA) is 74.8 Å². The van der Waals surface area contributed by atoms with Gasteiger partial charge >= 0.3 is 0 Å². The quantitative estimate of drug-likeness (QED) is 0.742. The minimum absolute atomic E-state index is 0.0446. The second kappa shape index (κ2) is 6.33. The van der Waals surface area contributed by atoms with Crippen molar-refractivity contribution < 1.29 is 8.42 Å². The minimum Gasteiger partial charge on any atom is -0.349 e. The van der Waals surface area contributed by atoms with E-state index >= 15 is 0 Å². The van der Waals surface area contributed by atoms with Crippen molar-refractivity contribution in [1.29, 1.82) is 0 Å². The molecule has 0 saturated carbocycles. The van der Waals surface area contributed by atoms with Crippen molar-refractivity contribution in [2.45, 2.75) is 40.0 Å². The van der Waals surface area contributed by atoms with E-state index in [1.807, 2.05) is 20.8 Å². The van der Waals surface area contributed by atoms with Crippen LogP contribution in [-0.4, -0.2) is 30.7 Å². The molecule has 0 atom stereocenters. The van der Waals surface area contributed by atoms with Crippen LogP contribution in [0.1, 0.15) is 39.4 Å². The number of aromatic amines is 1. The van der Waals surface area contributed by atoms with Crippen LogP contribution in [0, 0.1) is 5.41 Å². The molecule has 0 aliphatic carbocycles. The van der Waals surface area contributed by atoms with Gasteiger partial charge < -0.3 is 4.98 Å². The van der Waals surface area contributed by atoms with Crippen LogP contribution in [0.2, 0.25) is 0 Å². The first-order valence-electron chi connectivity index (χ1n) is 6.24. The average Bonchev–Trinajstić information content (AvgIpc) is 2.74. The normalized spacial score (nSPS) is 12.8. The fourth-order valence-corrected chi connectivity index (χ4v) is 2.91. The Kier molecular flexibility index (Phi) is 5.34. The predicted molar refractivity (Wildman–Crippen MR) is 72.8 cm³/mol. The maximum absolute atomic E-state index is 11.7.